The molecule has 1 N–H and O–H groups in total. The van der Waals surface area contributed by atoms with Crippen LogP contribution in [0.2, 0.25) is 5.02 Å². The van der Waals surface area contributed by atoms with Crippen LogP contribution in [0.5, 0.6) is 0 Å². The first-order chi connectivity index (χ1) is 14.6. The summed E-state index contributed by atoms with van der Waals surface area (Å²) in [6, 6.07) is 16.6. The van der Waals surface area contributed by atoms with Crippen LogP contribution in [0.25, 0.3) is 10.1 Å². The van der Waals surface area contributed by atoms with Crippen LogP contribution >= 0.6 is 22.9 Å². The van der Waals surface area contributed by atoms with Gasteiger partial charge in [0.25, 0.3) is 5.91 Å². The Hall–Kier alpha value is -2.08. The van der Waals surface area contributed by atoms with Crippen molar-refractivity contribution in [1.29, 1.82) is 0 Å². The Balaban J connectivity index is 1.16. The molecule has 0 spiro atoms. The minimum atomic E-state index is -0.0621. The molecule has 1 fully saturated rings. The van der Waals surface area contributed by atoms with Gasteiger partial charge in [0.15, 0.2) is 0 Å². The van der Waals surface area contributed by atoms with Gasteiger partial charge in [-0.3, -0.25) is 9.69 Å². The first-order valence-electron chi connectivity index (χ1n) is 10.6. The van der Waals surface area contributed by atoms with Gasteiger partial charge in [-0.2, -0.15) is 0 Å². The lowest BCUT2D eigenvalue weighted by Crippen LogP contribution is -2.46. The third kappa shape index (κ3) is 4.97. The van der Waals surface area contributed by atoms with E-state index in [1.54, 1.807) is 0 Å². The Labute approximate surface area is 187 Å². The number of nitrogens with one attached hydrogen (secondary N) is 1. The largest absolute Gasteiger partial charge is 0.369 e. The molecule has 0 radical (unpaired) electrons. The number of fused-ring (bicyclic) bond motifs is 1. The van der Waals surface area contributed by atoms with Gasteiger partial charge in [0.2, 0.25) is 0 Å². The van der Waals surface area contributed by atoms with Gasteiger partial charge < -0.3 is 10.2 Å². The summed E-state index contributed by atoms with van der Waals surface area (Å²) in [7, 11) is 0. The first-order valence-corrected chi connectivity index (χ1v) is 11.8. The summed E-state index contributed by atoms with van der Waals surface area (Å²) in [5.41, 5.74) is 2.64. The maximum Gasteiger partial charge on any atom is 0.262 e. The Morgan fingerprint density at radius 3 is 2.63 bits per heavy atom. The second-order valence-corrected chi connectivity index (χ2v) is 9.30. The summed E-state index contributed by atoms with van der Waals surface area (Å²) in [6.45, 7) is 8.26. The highest BCUT2D eigenvalue weighted by Gasteiger charge is 2.18. The van der Waals surface area contributed by atoms with Crippen molar-refractivity contribution in [2.24, 2.45) is 0 Å². The second-order valence-electron chi connectivity index (χ2n) is 7.87. The number of hydrogen-bond acceptors (Lipinski definition) is 4. The van der Waals surface area contributed by atoms with E-state index in [9.17, 15) is 4.79 Å². The molecular weight excluding hydrogens is 414 g/mol. The molecular formula is C24H28ClN3OS. The molecule has 0 aliphatic carbocycles. The van der Waals surface area contributed by atoms with Crippen LogP contribution < -0.4 is 10.2 Å². The summed E-state index contributed by atoms with van der Waals surface area (Å²) in [5, 5.41) is 4.56. The average Bonchev–Trinajstić information content (AvgIpc) is 3.11. The lowest BCUT2D eigenvalue weighted by atomic mass is 10.2. The van der Waals surface area contributed by atoms with Gasteiger partial charge in [-0.25, -0.2) is 0 Å². The number of aryl methyl sites for hydroxylation is 1. The Morgan fingerprint density at radius 2 is 1.87 bits per heavy atom. The third-order valence-electron chi connectivity index (χ3n) is 5.67. The lowest BCUT2D eigenvalue weighted by molar-refractivity contribution is 0.0956. The van der Waals surface area contributed by atoms with Crippen molar-refractivity contribution in [3.63, 3.8) is 0 Å². The Kier molecular flexibility index (Phi) is 6.93. The van der Waals surface area contributed by atoms with Crippen molar-refractivity contribution in [3.8, 4) is 0 Å². The van der Waals surface area contributed by atoms with E-state index in [-0.39, 0.29) is 5.91 Å². The zero-order valence-electron chi connectivity index (χ0n) is 17.4. The minimum Gasteiger partial charge on any atom is -0.369 e. The number of hydrogen-bond donors (Lipinski definition) is 1. The maximum atomic E-state index is 12.5. The molecule has 1 aromatic heterocycles. The topological polar surface area (TPSA) is 35.6 Å². The number of carbonyl (C=O) groups is 1. The van der Waals surface area contributed by atoms with Gasteiger partial charge in [0.05, 0.1) is 5.02 Å². The van der Waals surface area contributed by atoms with Gasteiger partial charge in [-0.05, 0) is 50.1 Å². The van der Waals surface area contributed by atoms with Crippen molar-refractivity contribution in [2.45, 2.75) is 19.8 Å². The van der Waals surface area contributed by atoms with E-state index in [2.05, 4.69) is 46.3 Å². The molecule has 4 nitrogen and oxygen atoms in total. The summed E-state index contributed by atoms with van der Waals surface area (Å²) < 4.78 is 1.05. The molecule has 3 aromatic rings. The standard InChI is InChI=1S/C24H28ClN3OS/c1-18-7-6-8-19(17-18)28-15-13-27(14-16-28)12-5-4-11-26-24(29)23-22(25)20-9-2-3-10-21(20)30-23/h2-3,6-10,17H,4-5,11-16H2,1H3,(H,26,29). The maximum absolute atomic E-state index is 12.5. The molecule has 158 valence electrons. The molecule has 2 aromatic carbocycles. The SMILES string of the molecule is Cc1cccc(N2CCN(CCCCNC(=O)c3sc4ccccc4c3Cl)CC2)c1. The number of nitrogens with zero attached hydrogens (tertiary/aromatic N) is 2. The number of carbonyl (C=O) groups excluding carboxylic acids is 1. The number of unbranched alkanes of at least 4 members (excludes halogenated alkanes) is 1. The molecule has 30 heavy (non-hydrogen) atoms. The average molecular weight is 442 g/mol. The fourth-order valence-corrected chi connectivity index (χ4v) is 5.39. The molecule has 1 aliphatic heterocycles. The van der Waals surface area contributed by atoms with Crippen molar-refractivity contribution < 1.29 is 4.79 Å². The van der Waals surface area contributed by atoms with E-state index in [0.717, 1.165) is 55.7 Å². The van der Waals surface area contributed by atoms with Gasteiger partial charge >= 0.3 is 0 Å². The fourth-order valence-electron chi connectivity index (χ4n) is 3.96. The minimum absolute atomic E-state index is 0.0621. The van der Waals surface area contributed by atoms with E-state index in [4.69, 9.17) is 11.6 Å². The third-order valence-corrected chi connectivity index (χ3v) is 7.34. The highest BCUT2D eigenvalue weighted by atomic mass is 35.5. The van der Waals surface area contributed by atoms with Gasteiger partial charge in [-0.15, -0.1) is 11.3 Å². The molecule has 0 saturated carbocycles. The normalized spacial score (nSPS) is 14.9. The Morgan fingerprint density at radius 1 is 1.07 bits per heavy atom. The van der Waals surface area contributed by atoms with Crippen LogP contribution in [0.15, 0.2) is 48.5 Å². The highest BCUT2D eigenvalue weighted by Crippen LogP contribution is 2.34. The monoisotopic (exact) mass is 441 g/mol. The molecule has 0 atom stereocenters. The second kappa shape index (κ2) is 9.82. The van der Waals surface area contributed by atoms with Crippen LogP contribution in [0.4, 0.5) is 5.69 Å². The van der Waals surface area contributed by atoms with Crippen LogP contribution in [0.1, 0.15) is 28.1 Å². The van der Waals surface area contributed by atoms with Crippen LogP contribution in [0, 0.1) is 6.92 Å². The molecule has 6 heteroatoms. The van der Waals surface area contributed by atoms with Crippen molar-refractivity contribution in [3.05, 3.63) is 64.0 Å². The number of piperazine rings is 1. The zero-order chi connectivity index (χ0) is 20.9. The summed E-state index contributed by atoms with van der Waals surface area (Å²) in [6.07, 6.45) is 2.07. The molecule has 2 heterocycles. The lowest BCUT2D eigenvalue weighted by Gasteiger charge is -2.36. The van der Waals surface area contributed by atoms with Gasteiger partial charge in [0.1, 0.15) is 4.88 Å². The quantitative estimate of drug-likeness (QED) is 0.512. The number of anilines is 1. The summed E-state index contributed by atoms with van der Waals surface area (Å²) >= 11 is 7.86. The first kappa shape index (κ1) is 21.2. The molecule has 4 rings (SSSR count). The predicted molar refractivity (Wildman–Crippen MR) is 128 cm³/mol. The van der Waals surface area contributed by atoms with Gasteiger partial charge in [-0.1, -0.05) is 41.9 Å². The fraction of sp³-hybridized carbons (Fsp3) is 0.375. The molecule has 1 amide bonds. The molecule has 1 aliphatic rings. The predicted octanol–water partition coefficient (Wildman–Crippen LogP) is 5.20. The van der Waals surface area contributed by atoms with E-state index in [1.807, 2.05) is 24.3 Å². The van der Waals surface area contributed by atoms with Crippen molar-refractivity contribution >= 4 is 44.6 Å². The number of halogens is 1. The summed E-state index contributed by atoms with van der Waals surface area (Å²) in [4.78, 5) is 18.1. The van der Waals surface area contributed by atoms with Gasteiger partial charge in [0, 0.05) is 48.5 Å². The van der Waals surface area contributed by atoms with Crippen LogP contribution in [-0.2, 0) is 0 Å². The zero-order valence-corrected chi connectivity index (χ0v) is 18.9. The number of rotatable bonds is 7. The van der Waals surface area contributed by atoms with E-state index in [0.29, 0.717) is 16.4 Å². The van der Waals surface area contributed by atoms with Crippen molar-refractivity contribution in [1.82, 2.24) is 10.2 Å². The molecule has 0 bridgehead atoms. The highest BCUT2D eigenvalue weighted by molar-refractivity contribution is 7.21. The van der Waals surface area contributed by atoms with Crippen molar-refractivity contribution in [2.75, 3.05) is 44.2 Å². The van der Waals surface area contributed by atoms with E-state index < -0.39 is 0 Å². The number of amides is 1. The summed E-state index contributed by atoms with van der Waals surface area (Å²) in [5.74, 6) is -0.0621. The smallest absolute Gasteiger partial charge is 0.262 e. The number of benzene rings is 2. The molecule has 0 unspecified atom stereocenters. The van der Waals surface area contributed by atoms with E-state index in [1.165, 1.54) is 22.6 Å². The van der Waals surface area contributed by atoms with Crippen LogP contribution in [0.3, 0.4) is 0 Å². The number of thiophene rings is 1. The molecule has 1 saturated heterocycles. The van der Waals surface area contributed by atoms with Crippen LogP contribution in [-0.4, -0.2) is 50.1 Å². The Bertz CT molecular complexity index is 1010. The van der Waals surface area contributed by atoms with E-state index >= 15 is 0 Å².